The molecular formula is C15H21BrCl2O. The Morgan fingerprint density at radius 3 is 2.37 bits per heavy atom. The van der Waals surface area contributed by atoms with Crippen molar-refractivity contribution in [3.8, 4) is 0 Å². The summed E-state index contributed by atoms with van der Waals surface area (Å²) in [6, 6.07) is 8.12. The van der Waals surface area contributed by atoms with Gasteiger partial charge in [-0.2, -0.15) is 0 Å². The van der Waals surface area contributed by atoms with Crippen molar-refractivity contribution in [2.45, 2.75) is 25.7 Å². The second-order valence-corrected chi connectivity index (χ2v) is 6.64. The molecule has 0 aliphatic heterocycles. The lowest BCUT2D eigenvalue weighted by molar-refractivity contribution is 0.0970. The summed E-state index contributed by atoms with van der Waals surface area (Å²) in [4.78, 5) is 0. The highest BCUT2D eigenvalue weighted by Crippen LogP contribution is 2.35. The van der Waals surface area contributed by atoms with Crippen molar-refractivity contribution >= 4 is 39.1 Å². The number of halogens is 3. The smallest absolute Gasteiger partial charge is 0.0488 e. The maximum atomic E-state index is 6.21. The maximum Gasteiger partial charge on any atom is 0.0488 e. The van der Waals surface area contributed by atoms with Gasteiger partial charge >= 0.3 is 0 Å². The van der Waals surface area contributed by atoms with Crippen LogP contribution in [0.4, 0.5) is 0 Å². The molecule has 0 spiro atoms. The van der Waals surface area contributed by atoms with Gasteiger partial charge in [0.25, 0.3) is 0 Å². The van der Waals surface area contributed by atoms with E-state index in [0.29, 0.717) is 24.3 Å². The number of alkyl halides is 2. The normalized spacial score (nSPS) is 12.1. The zero-order valence-electron chi connectivity index (χ0n) is 11.5. The van der Waals surface area contributed by atoms with Crippen molar-refractivity contribution in [3.05, 3.63) is 34.3 Å². The molecule has 1 rings (SSSR count). The first kappa shape index (κ1) is 17.3. The van der Waals surface area contributed by atoms with Crippen molar-refractivity contribution in [3.63, 3.8) is 0 Å². The van der Waals surface area contributed by atoms with Crippen LogP contribution in [0.3, 0.4) is 0 Å². The van der Waals surface area contributed by atoms with Crippen molar-refractivity contribution in [2.75, 3.05) is 25.0 Å². The van der Waals surface area contributed by atoms with E-state index in [9.17, 15) is 0 Å². The standard InChI is InChI=1S/C15H21BrCl2O/c1-12(2)9-19-8-7-15(10-17,11-18)13-5-3-4-6-14(13)16/h3-6,12H,7-11H2,1-2H3. The van der Waals surface area contributed by atoms with E-state index >= 15 is 0 Å². The molecular weight excluding hydrogens is 347 g/mol. The first-order chi connectivity index (χ1) is 9.05. The number of hydrogen-bond donors (Lipinski definition) is 0. The zero-order valence-corrected chi connectivity index (χ0v) is 14.6. The molecule has 19 heavy (non-hydrogen) atoms. The minimum absolute atomic E-state index is 0.236. The van der Waals surface area contributed by atoms with Crippen LogP contribution in [0.15, 0.2) is 28.7 Å². The highest BCUT2D eigenvalue weighted by atomic mass is 79.9. The van der Waals surface area contributed by atoms with Crippen LogP contribution in [-0.2, 0) is 10.2 Å². The second kappa shape index (κ2) is 8.51. The fourth-order valence-corrected chi connectivity index (χ4v) is 3.47. The van der Waals surface area contributed by atoms with Crippen LogP contribution in [0.5, 0.6) is 0 Å². The largest absolute Gasteiger partial charge is 0.381 e. The quantitative estimate of drug-likeness (QED) is 0.451. The van der Waals surface area contributed by atoms with Gasteiger partial charge in [-0.3, -0.25) is 0 Å². The number of benzene rings is 1. The van der Waals surface area contributed by atoms with Crippen LogP contribution in [-0.4, -0.2) is 25.0 Å². The molecule has 0 heterocycles. The Bertz CT molecular complexity index is 378. The van der Waals surface area contributed by atoms with Crippen LogP contribution in [0.2, 0.25) is 0 Å². The summed E-state index contributed by atoms with van der Waals surface area (Å²) in [5.74, 6) is 1.53. The molecule has 0 unspecified atom stereocenters. The molecule has 0 atom stereocenters. The monoisotopic (exact) mass is 366 g/mol. The van der Waals surface area contributed by atoms with Crippen molar-refractivity contribution in [1.82, 2.24) is 0 Å². The van der Waals surface area contributed by atoms with Crippen LogP contribution in [0.25, 0.3) is 0 Å². The summed E-state index contributed by atoms with van der Waals surface area (Å²) in [6.07, 6.45) is 0.829. The van der Waals surface area contributed by atoms with Crippen LogP contribution in [0, 0.1) is 5.92 Å². The topological polar surface area (TPSA) is 9.23 Å². The lowest BCUT2D eigenvalue weighted by atomic mass is 9.81. The summed E-state index contributed by atoms with van der Waals surface area (Å²) < 4.78 is 6.74. The van der Waals surface area contributed by atoms with E-state index in [4.69, 9.17) is 27.9 Å². The third-order valence-electron chi connectivity index (χ3n) is 3.13. The van der Waals surface area contributed by atoms with Gasteiger partial charge in [-0.15, -0.1) is 23.2 Å². The van der Waals surface area contributed by atoms with Crippen LogP contribution in [0.1, 0.15) is 25.8 Å². The van der Waals surface area contributed by atoms with Gasteiger partial charge in [-0.1, -0.05) is 48.0 Å². The molecule has 0 radical (unpaired) electrons. The summed E-state index contributed by atoms with van der Waals surface area (Å²) in [7, 11) is 0. The lowest BCUT2D eigenvalue weighted by Gasteiger charge is -2.31. The molecule has 0 saturated heterocycles. The predicted molar refractivity (Wildman–Crippen MR) is 87.5 cm³/mol. The Morgan fingerprint density at radius 2 is 1.84 bits per heavy atom. The average Bonchev–Trinajstić information content (AvgIpc) is 2.40. The van der Waals surface area contributed by atoms with E-state index in [1.54, 1.807) is 0 Å². The van der Waals surface area contributed by atoms with Gasteiger partial charge in [0.05, 0.1) is 0 Å². The van der Waals surface area contributed by atoms with Gasteiger partial charge in [-0.25, -0.2) is 0 Å². The average molecular weight is 368 g/mol. The highest BCUT2D eigenvalue weighted by Gasteiger charge is 2.32. The predicted octanol–water partition coefficient (Wildman–Crippen LogP) is 5.23. The fraction of sp³-hybridized carbons (Fsp3) is 0.600. The molecule has 0 bridgehead atoms. The Kier molecular flexibility index (Phi) is 7.74. The van der Waals surface area contributed by atoms with Crippen LogP contribution >= 0.6 is 39.1 Å². The third kappa shape index (κ3) is 4.93. The van der Waals surface area contributed by atoms with Gasteiger partial charge in [-0.05, 0) is 24.0 Å². The number of ether oxygens (including phenoxy) is 1. The summed E-state index contributed by atoms with van der Waals surface area (Å²) >= 11 is 16.0. The molecule has 0 saturated carbocycles. The molecule has 0 amide bonds. The summed E-state index contributed by atoms with van der Waals surface area (Å²) in [6.45, 7) is 5.74. The number of hydrogen-bond acceptors (Lipinski definition) is 1. The molecule has 1 aromatic carbocycles. The molecule has 0 N–H and O–H groups in total. The maximum absolute atomic E-state index is 6.21. The summed E-state index contributed by atoms with van der Waals surface area (Å²) in [5.41, 5.74) is 0.924. The second-order valence-electron chi connectivity index (χ2n) is 5.25. The van der Waals surface area contributed by atoms with E-state index in [0.717, 1.165) is 23.1 Å². The molecule has 0 fully saturated rings. The van der Waals surface area contributed by atoms with E-state index in [1.165, 1.54) is 0 Å². The van der Waals surface area contributed by atoms with Crippen molar-refractivity contribution in [2.24, 2.45) is 5.92 Å². The lowest BCUT2D eigenvalue weighted by Crippen LogP contribution is -2.33. The Balaban J connectivity index is 2.77. The highest BCUT2D eigenvalue weighted by molar-refractivity contribution is 9.10. The number of rotatable bonds is 8. The SMILES string of the molecule is CC(C)COCCC(CCl)(CCl)c1ccccc1Br. The molecule has 0 aromatic heterocycles. The first-order valence-electron chi connectivity index (χ1n) is 6.50. The van der Waals surface area contributed by atoms with Gasteiger partial charge in [0.2, 0.25) is 0 Å². The van der Waals surface area contributed by atoms with E-state index in [1.807, 2.05) is 18.2 Å². The molecule has 108 valence electrons. The van der Waals surface area contributed by atoms with Crippen molar-refractivity contribution in [1.29, 1.82) is 0 Å². The Hall–Kier alpha value is 0.240. The van der Waals surface area contributed by atoms with E-state index < -0.39 is 0 Å². The van der Waals surface area contributed by atoms with Gasteiger partial charge < -0.3 is 4.74 Å². The van der Waals surface area contributed by atoms with Crippen molar-refractivity contribution < 1.29 is 4.74 Å². The Labute approximate surface area is 134 Å². The van der Waals surface area contributed by atoms with Gasteiger partial charge in [0, 0.05) is 34.9 Å². The minimum atomic E-state index is -0.236. The Morgan fingerprint density at radius 1 is 1.21 bits per heavy atom. The molecule has 1 nitrogen and oxygen atoms in total. The zero-order chi connectivity index (χ0) is 14.3. The minimum Gasteiger partial charge on any atom is -0.381 e. The first-order valence-corrected chi connectivity index (χ1v) is 8.36. The van der Waals surface area contributed by atoms with Gasteiger partial charge in [0.1, 0.15) is 0 Å². The molecule has 0 aliphatic rings. The van der Waals surface area contributed by atoms with Gasteiger partial charge in [0.15, 0.2) is 0 Å². The molecule has 4 heteroatoms. The third-order valence-corrected chi connectivity index (χ3v) is 4.85. The van der Waals surface area contributed by atoms with E-state index in [-0.39, 0.29) is 5.41 Å². The van der Waals surface area contributed by atoms with Crippen LogP contribution < -0.4 is 0 Å². The fourth-order valence-electron chi connectivity index (χ4n) is 1.93. The molecule has 0 aliphatic carbocycles. The van der Waals surface area contributed by atoms with E-state index in [2.05, 4.69) is 35.8 Å². The molecule has 1 aromatic rings. The summed E-state index contributed by atoms with van der Waals surface area (Å²) in [5, 5.41) is 0.